The van der Waals surface area contributed by atoms with E-state index in [1.807, 2.05) is 13.8 Å². The molecule has 0 saturated carbocycles. The second kappa shape index (κ2) is 6.39. The molecule has 0 bridgehead atoms. The Hall–Kier alpha value is -1.37. The largest absolute Gasteiger partial charge is 0.368 e. The molecule has 0 unspecified atom stereocenters. The van der Waals surface area contributed by atoms with Crippen molar-refractivity contribution in [3.05, 3.63) is 12.0 Å². The lowest BCUT2D eigenvalue weighted by Gasteiger charge is -2.17. The summed E-state index contributed by atoms with van der Waals surface area (Å²) in [6, 6.07) is 0. The zero-order valence-corrected chi connectivity index (χ0v) is 10.6. The molecule has 0 aromatic carbocycles. The number of rotatable bonds is 5. The summed E-state index contributed by atoms with van der Waals surface area (Å²) in [4.78, 5) is 20.6. The first kappa shape index (κ1) is 13.7. The Labute approximate surface area is 104 Å². The first-order valence-corrected chi connectivity index (χ1v) is 6.25. The Morgan fingerprint density at radius 1 is 1.53 bits per heavy atom. The van der Waals surface area contributed by atoms with Crippen molar-refractivity contribution in [2.24, 2.45) is 0 Å². The number of aromatic nitrogens is 2. The van der Waals surface area contributed by atoms with E-state index in [1.54, 1.807) is 4.90 Å². The lowest BCUT2D eigenvalue weighted by atomic mass is 10.5. The van der Waals surface area contributed by atoms with Gasteiger partial charge >= 0.3 is 0 Å². The molecule has 94 valence electrons. The highest BCUT2D eigenvalue weighted by atomic mass is 32.2. The van der Waals surface area contributed by atoms with Crippen molar-refractivity contribution in [1.82, 2.24) is 14.9 Å². The number of nitrogens with two attached hydrogens (primary N) is 1. The molecule has 0 radical (unpaired) electrons. The van der Waals surface area contributed by atoms with E-state index in [4.69, 9.17) is 5.73 Å². The molecule has 7 heteroatoms. The van der Waals surface area contributed by atoms with Crippen LogP contribution in [0.15, 0.2) is 11.2 Å². The van der Waals surface area contributed by atoms with Crippen LogP contribution in [-0.2, 0) is 4.79 Å². The average Bonchev–Trinajstić information content (AvgIpc) is 2.32. The van der Waals surface area contributed by atoms with Crippen LogP contribution in [0.4, 0.5) is 10.3 Å². The van der Waals surface area contributed by atoms with E-state index in [9.17, 15) is 9.18 Å². The van der Waals surface area contributed by atoms with Gasteiger partial charge in [-0.1, -0.05) is 11.8 Å². The van der Waals surface area contributed by atoms with Crippen LogP contribution in [0.3, 0.4) is 0 Å². The third kappa shape index (κ3) is 3.85. The number of carbonyl (C=O) groups excluding carboxylic acids is 1. The van der Waals surface area contributed by atoms with Crippen LogP contribution in [0.25, 0.3) is 0 Å². The lowest BCUT2D eigenvalue weighted by molar-refractivity contribution is -0.127. The van der Waals surface area contributed by atoms with Gasteiger partial charge < -0.3 is 10.6 Å². The normalized spacial score (nSPS) is 10.3. The molecule has 0 spiro atoms. The van der Waals surface area contributed by atoms with Gasteiger partial charge in [-0.25, -0.2) is 14.4 Å². The fourth-order valence-electron chi connectivity index (χ4n) is 1.26. The number of amides is 1. The summed E-state index contributed by atoms with van der Waals surface area (Å²) in [7, 11) is 0. The van der Waals surface area contributed by atoms with E-state index in [1.165, 1.54) is 0 Å². The number of nitrogen functional groups attached to an aromatic ring is 1. The van der Waals surface area contributed by atoms with Gasteiger partial charge in [-0.2, -0.15) is 0 Å². The van der Waals surface area contributed by atoms with Crippen molar-refractivity contribution < 1.29 is 9.18 Å². The first-order chi connectivity index (χ1) is 8.08. The number of hydrogen-bond acceptors (Lipinski definition) is 5. The summed E-state index contributed by atoms with van der Waals surface area (Å²) in [5.74, 6) is -0.452. The summed E-state index contributed by atoms with van der Waals surface area (Å²) < 4.78 is 13.3. The number of hydrogen-bond donors (Lipinski definition) is 1. The van der Waals surface area contributed by atoms with Crippen LogP contribution >= 0.6 is 11.8 Å². The van der Waals surface area contributed by atoms with Crippen LogP contribution < -0.4 is 5.73 Å². The molecule has 17 heavy (non-hydrogen) atoms. The molecule has 0 saturated heterocycles. The molecule has 1 aromatic heterocycles. The van der Waals surface area contributed by atoms with Gasteiger partial charge in [0.25, 0.3) is 0 Å². The Morgan fingerprint density at radius 3 is 2.76 bits per heavy atom. The maximum absolute atomic E-state index is 13.3. The maximum atomic E-state index is 13.3. The van der Waals surface area contributed by atoms with Crippen molar-refractivity contribution >= 4 is 23.6 Å². The molecule has 2 N–H and O–H groups in total. The zero-order valence-electron chi connectivity index (χ0n) is 9.81. The lowest BCUT2D eigenvalue weighted by Crippen LogP contribution is -2.31. The summed E-state index contributed by atoms with van der Waals surface area (Å²) in [6.07, 6.45) is 1.01. The molecule has 1 heterocycles. The third-order valence-electron chi connectivity index (χ3n) is 2.18. The highest BCUT2D eigenvalue weighted by Crippen LogP contribution is 2.19. The highest BCUT2D eigenvalue weighted by molar-refractivity contribution is 7.99. The second-order valence-electron chi connectivity index (χ2n) is 3.24. The van der Waals surface area contributed by atoms with Gasteiger partial charge in [-0.05, 0) is 13.8 Å². The van der Waals surface area contributed by atoms with Crippen LogP contribution in [0.5, 0.6) is 0 Å². The van der Waals surface area contributed by atoms with Crippen LogP contribution in [0, 0.1) is 5.82 Å². The number of carbonyl (C=O) groups is 1. The minimum absolute atomic E-state index is 0.00388. The molecule has 1 aromatic rings. The van der Waals surface area contributed by atoms with E-state index in [0.29, 0.717) is 13.1 Å². The van der Waals surface area contributed by atoms with E-state index in [2.05, 4.69) is 9.97 Å². The summed E-state index contributed by atoms with van der Waals surface area (Å²) in [5, 5.41) is 0.109. The summed E-state index contributed by atoms with van der Waals surface area (Å²) in [6.45, 7) is 5.08. The quantitative estimate of drug-likeness (QED) is 0.634. The monoisotopic (exact) mass is 258 g/mol. The molecule has 0 aliphatic heterocycles. The Kier molecular flexibility index (Phi) is 5.14. The van der Waals surface area contributed by atoms with E-state index in [0.717, 1.165) is 18.0 Å². The topological polar surface area (TPSA) is 72.1 Å². The van der Waals surface area contributed by atoms with Crippen LogP contribution in [0.1, 0.15) is 13.8 Å². The fraction of sp³-hybridized carbons (Fsp3) is 0.500. The Balaban J connectivity index is 2.61. The van der Waals surface area contributed by atoms with Gasteiger partial charge in [-0.3, -0.25) is 4.79 Å². The van der Waals surface area contributed by atoms with Crippen molar-refractivity contribution in [3.63, 3.8) is 0 Å². The number of anilines is 1. The van der Waals surface area contributed by atoms with E-state index < -0.39 is 5.82 Å². The molecule has 0 aliphatic rings. The Bertz CT molecular complexity index is 398. The number of halogens is 1. The minimum atomic E-state index is -0.559. The van der Waals surface area contributed by atoms with Gasteiger partial charge in [0.05, 0.1) is 11.9 Å². The summed E-state index contributed by atoms with van der Waals surface area (Å²) in [5.41, 5.74) is 5.35. The summed E-state index contributed by atoms with van der Waals surface area (Å²) >= 11 is 1.03. The van der Waals surface area contributed by atoms with Crippen LogP contribution in [-0.4, -0.2) is 39.6 Å². The minimum Gasteiger partial charge on any atom is -0.368 e. The SMILES string of the molecule is CCN(CC)C(=O)CSc1nc(N)ncc1F. The second-order valence-corrected chi connectivity index (χ2v) is 4.20. The molecular weight excluding hydrogens is 243 g/mol. The van der Waals surface area contributed by atoms with E-state index >= 15 is 0 Å². The number of nitrogens with zero attached hydrogens (tertiary/aromatic N) is 3. The van der Waals surface area contributed by atoms with Gasteiger partial charge in [0.2, 0.25) is 11.9 Å². The fourth-order valence-corrected chi connectivity index (χ4v) is 2.05. The van der Waals surface area contributed by atoms with Crippen molar-refractivity contribution in [3.8, 4) is 0 Å². The third-order valence-corrected chi connectivity index (χ3v) is 3.13. The molecular formula is C10H15FN4OS. The molecule has 5 nitrogen and oxygen atoms in total. The molecule has 0 aliphatic carbocycles. The van der Waals surface area contributed by atoms with Gasteiger partial charge in [0.1, 0.15) is 5.03 Å². The highest BCUT2D eigenvalue weighted by Gasteiger charge is 2.13. The maximum Gasteiger partial charge on any atom is 0.232 e. The molecule has 0 fully saturated rings. The smallest absolute Gasteiger partial charge is 0.232 e. The number of thioether (sulfide) groups is 1. The average molecular weight is 258 g/mol. The van der Waals surface area contributed by atoms with E-state index in [-0.39, 0.29) is 22.6 Å². The Morgan fingerprint density at radius 2 is 2.18 bits per heavy atom. The zero-order chi connectivity index (χ0) is 12.8. The first-order valence-electron chi connectivity index (χ1n) is 5.27. The van der Waals surface area contributed by atoms with Crippen molar-refractivity contribution in [1.29, 1.82) is 0 Å². The predicted octanol–water partition coefficient (Wildman–Crippen LogP) is 1.16. The standard InChI is InChI=1S/C10H15FN4OS/c1-3-15(4-2)8(16)6-17-9-7(11)5-13-10(12)14-9/h5H,3-4,6H2,1-2H3,(H2,12,13,14). The molecule has 0 atom stereocenters. The van der Waals surface area contributed by atoms with Gasteiger partial charge in [0, 0.05) is 13.1 Å². The van der Waals surface area contributed by atoms with Crippen molar-refractivity contribution in [2.45, 2.75) is 18.9 Å². The van der Waals surface area contributed by atoms with Crippen LogP contribution in [0.2, 0.25) is 0 Å². The predicted molar refractivity (Wildman–Crippen MR) is 65.1 cm³/mol. The van der Waals surface area contributed by atoms with Crippen molar-refractivity contribution in [2.75, 3.05) is 24.6 Å². The molecule has 1 rings (SSSR count). The van der Waals surface area contributed by atoms with Gasteiger partial charge in [-0.15, -0.1) is 0 Å². The molecule has 1 amide bonds. The van der Waals surface area contributed by atoms with Gasteiger partial charge in [0.15, 0.2) is 5.82 Å².